The van der Waals surface area contributed by atoms with E-state index in [1.54, 1.807) is 9.58 Å². The number of nitrogens with zero attached hydrogens (tertiary/aromatic N) is 3. The van der Waals surface area contributed by atoms with E-state index in [1.807, 2.05) is 51.2 Å². The Kier molecular flexibility index (Phi) is 4.13. The zero-order valence-corrected chi connectivity index (χ0v) is 14.1. The number of carbonyl (C=O) groups excluding carboxylic acids is 1. The van der Waals surface area contributed by atoms with Gasteiger partial charge >= 0.3 is 5.97 Å². The number of aryl methyl sites for hydroxylation is 2. The Morgan fingerprint density at radius 3 is 2.50 bits per heavy atom. The third-order valence-corrected chi connectivity index (χ3v) is 4.88. The molecule has 126 valence electrons. The van der Waals surface area contributed by atoms with Crippen molar-refractivity contribution < 1.29 is 14.7 Å². The molecule has 2 atom stereocenters. The van der Waals surface area contributed by atoms with Gasteiger partial charge in [0.25, 0.3) is 0 Å². The Balaban J connectivity index is 2.00. The van der Waals surface area contributed by atoms with Crippen LogP contribution in [0.4, 0.5) is 0 Å². The number of amides is 1. The maximum Gasteiger partial charge on any atom is 0.309 e. The fraction of sp³-hybridized carbons (Fsp3) is 0.389. The summed E-state index contributed by atoms with van der Waals surface area (Å²) in [7, 11) is 1.87. The van der Waals surface area contributed by atoms with Crippen molar-refractivity contribution in [2.75, 3.05) is 0 Å². The number of hydrogen-bond acceptors (Lipinski definition) is 3. The van der Waals surface area contributed by atoms with E-state index in [9.17, 15) is 14.7 Å². The monoisotopic (exact) mass is 327 g/mol. The number of aliphatic carboxylic acids is 1. The predicted molar refractivity (Wildman–Crippen MR) is 88.2 cm³/mol. The summed E-state index contributed by atoms with van der Waals surface area (Å²) >= 11 is 0. The minimum atomic E-state index is -0.931. The first-order valence-corrected chi connectivity index (χ1v) is 7.96. The molecular weight excluding hydrogens is 306 g/mol. The first-order valence-electron chi connectivity index (χ1n) is 7.96. The van der Waals surface area contributed by atoms with E-state index in [-0.39, 0.29) is 12.3 Å². The van der Waals surface area contributed by atoms with Crippen LogP contribution in [0.1, 0.15) is 35.0 Å². The Labute approximate surface area is 140 Å². The zero-order valence-electron chi connectivity index (χ0n) is 14.1. The van der Waals surface area contributed by atoms with Crippen molar-refractivity contribution in [2.24, 2.45) is 13.0 Å². The van der Waals surface area contributed by atoms with E-state index in [0.29, 0.717) is 6.54 Å². The van der Waals surface area contributed by atoms with E-state index in [2.05, 4.69) is 5.10 Å². The molecule has 2 unspecified atom stereocenters. The highest BCUT2D eigenvalue weighted by Gasteiger charge is 2.44. The Hall–Kier alpha value is -2.63. The fourth-order valence-corrected chi connectivity index (χ4v) is 3.48. The second kappa shape index (κ2) is 6.11. The molecule has 6 heteroatoms. The minimum Gasteiger partial charge on any atom is -0.481 e. The molecule has 1 amide bonds. The van der Waals surface area contributed by atoms with Gasteiger partial charge in [-0.3, -0.25) is 14.3 Å². The van der Waals surface area contributed by atoms with E-state index in [0.717, 1.165) is 22.5 Å². The Morgan fingerprint density at radius 2 is 1.96 bits per heavy atom. The van der Waals surface area contributed by atoms with Crippen molar-refractivity contribution in [1.29, 1.82) is 0 Å². The van der Waals surface area contributed by atoms with Gasteiger partial charge in [-0.1, -0.05) is 30.3 Å². The summed E-state index contributed by atoms with van der Waals surface area (Å²) < 4.78 is 1.79. The molecular formula is C18H21N3O3. The van der Waals surface area contributed by atoms with Gasteiger partial charge in [0, 0.05) is 31.3 Å². The van der Waals surface area contributed by atoms with Gasteiger partial charge in [-0.2, -0.15) is 5.10 Å². The number of hydrogen-bond donors (Lipinski definition) is 1. The smallest absolute Gasteiger partial charge is 0.309 e. The molecule has 1 fully saturated rings. The number of carboxylic acid groups (broad SMARTS) is 1. The standard InChI is InChI=1S/C18H21N3O3/c1-11-15(12(2)20(3)19-11)10-21-16(22)9-14(18(23)24)17(21)13-7-5-4-6-8-13/h4-8,14,17H,9-10H2,1-3H3,(H,23,24). The third-order valence-electron chi connectivity index (χ3n) is 4.88. The van der Waals surface area contributed by atoms with Crippen LogP contribution in [0.2, 0.25) is 0 Å². The Morgan fingerprint density at radius 1 is 1.29 bits per heavy atom. The quantitative estimate of drug-likeness (QED) is 0.934. The van der Waals surface area contributed by atoms with E-state index in [1.165, 1.54) is 0 Å². The number of benzene rings is 1. The number of carboxylic acids is 1. The molecule has 1 N–H and O–H groups in total. The predicted octanol–water partition coefficient (Wildman–Crippen LogP) is 2.21. The molecule has 0 aliphatic carbocycles. The number of carbonyl (C=O) groups is 2. The van der Waals surface area contributed by atoms with Crippen LogP contribution in [0.15, 0.2) is 30.3 Å². The summed E-state index contributed by atoms with van der Waals surface area (Å²) in [5.41, 5.74) is 3.70. The largest absolute Gasteiger partial charge is 0.481 e. The van der Waals surface area contributed by atoms with Crippen LogP contribution >= 0.6 is 0 Å². The maximum atomic E-state index is 12.5. The van der Waals surface area contributed by atoms with Crippen molar-refractivity contribution in [3.8, 4) is 0 Å². The maximum absolute atomic E-state index is 12.5. The lowest BCUT2D eigenvalue weighted by Gasteiger charge is -2.27. The van der Waals surface area contributed by atoms with Gasteiger partial charge in [0.05, 0.1) is 17.7 Å². The van der Waals surface area contributed by atoms with Crippen LogP contribution in [0.25, 0.3) is 0 Å². The molecule has 1 aliphatic heterocycles. The van der Waals surface area contributed by atoms with Crippen LogP contribution in [-0.4, -0.2) is 31.7 Å². The number of aromatic nitrogens is 2. The summed E-state index contributed by atoms with van der Waals surface area (Å²) in [6.07, 6.45) is 0.0350. The first kappa shape index (κ1) is 16.2. The molecule has 3 rings (SSSR count). The van der Waals surface area contributed by atoms with Crippen LogP contribution in [0.3, 0.4) is 0 Å². The summed E-state index contributed by atoms with van der Waals surface area (Å²) in [5.74, 6) is -1.78. The Bertz CT molecular complexity index is 782. The highest BCUT2D eigenvalue weighted by molar-refractivity contribution is 5.87. The van der Waals surface area contributed by atoms with E-state index >= 15 is 0 Å². The van der Waals surface area contributed by atoms with E-state index in [4.69, 9.17) is 0 Å². The number of rotatable bonds is 4. The van der Waals surface area contributed by atoms with Crippen molar-refractivity contribution in [3.63, 3.8) is 0 Å². The lowest BCUT2D eigenvalue weighted by Crippen LogP contribution is -2.30. The third kappa shape index (κ3) is 2.68. The second-order valence-corrected chi connectivity index (χ2v) is 6.30. The molecule has 6 nitrogen and oxygen atoms in total. The molecule has 1 aromatic carbocycles. The van der Waals surface area contributed by atoms with Crippen molar-refractivity contribution in [1.82, 2.24) is 14.7 Å². The molecule has 0 spiro atoms. The highest BCUT2D eigenvalue weighted by atomic mass is 16.4. The molecule has 1 saturated heterocycles. The van der Waals surface area contributed by atoms with Crippen molar-refractivity contribution in [3.05, 3.63) is 52.8 Å². The van der Waals surface area contributed by atoms with Crippen LogP contribution in [0, 0.1) is 19.8 Å². The summed E-state index contributed by atoms with van der Waals surface area (Å²) in [5, 5.41) is 14.0. The summed E-state index contributed by atoms with van der Waals surface area (Å²) in [4.78, 5) is 25.9. The minimum absolute atomic E-state index is 0.0350. The fourth-order valence-electron chi connectivity index (χ4n) is 3.48. The van der Waals surface area contributed by atoms with E-state index < -0.39 is 17.9 Å². The zero-order chi connectivity index (χ0) is 17.4. The summed E-state index contributed by atoms with van der Waals surface area (Å²) in [6, 6.07) is 8.95. The van der Waals surface area contributed by atoms with Crippen LogP contribution in [-0.2, 0) is 23.2 Å². The van der Waals surface area contributed by atoms with Crippen molar-refractivity contribution in [2.45, 2.75) is 32.9 Å². The van der Waals surface area contributed by atoms with Gasteiger partial charge in [-0.05, 0) is 19.4 Å². The van der Waals surface area contributed by atoms with Crippen LogP contribution < -0.4 is 0 Å². The molecule has 1 aromatic heterocycles. The normalized spacial score (nSPS) is 20.6. The molecule has 1 aliphatic rings. The topological polar surface area (TPSA) is 75.4 Å². The highest BCUT2D eigenvalue weighted by Crippen LogP contribution is 2.39. The number of likely N-dealkylation sites (tertiary alicyclic amines) is 1. The van der Waals surface area contributed by atoms with Crippen molar-refractivity contribution >= 4 is 11.9 Å². The molecule has 2 heterocycles. The average Bonchev–Trinajstić information content (AvgIpc) is 3.00. The van der Waals surface area contributed by atoms with Gasteiger partial charge in [-0.25, -0.2) is 0 Å². The molecule has 24 heavy (non-hydrogen) atoms. The van der Waals surface area contributed by atoms with Gasteiger partial charge in [0.15, 0.2) is 0 Å². The average molecular weight is 327 g/mol. The summed E-state index contributed by atoms with van der Waals surface area (Å²) in [6.45, 7) is 4.25. The molecule has 0 saturated carbocycles. The van der Waals surface area contributed by atoms with Crippen LogP contribution in [0.5, 0.6) is 0 Å². The lowest BCUT2D eigenvalue weighted by atomic mass is 9.93. The second-order valence-electron chi connectivity index (χ2n) is 6.30. The first-order chi connectivity index (χ1) is 11.4. The van der Waals surface area contributed by atoms with Gasteiger partial charge in [0.1, 0.15) is 0 Å². The SMILES string of the molecule is Cc1nn(C)c(C)c1CN1C(=O)CC(C(=O)O)C1c1ccccc1. The van der Waals surface area contributed by atoms with Gasteiger partial charge in [-0.15, -0.1) is 0 Å². The van der Waals surface area contributed by atoms with Gasteiger partial charge < -0.3 is 10.0 Å². The lowest BCUT2D eigenvalue weighted by molar-refractivity contribution is -0.142. The molecule has 0 radical (unpaired) electrons. The molecule has 2 aromatic rings. The van der Waals surface area contributed by atoms with Gasteiger partial charge in [0.2, 0.25) is 5.91 Å². The molecule has 0 bridgehead atoms.